The maximum absolute atomic E-state index is 12.5. The van der Waals surface area contributed by atoms with E-state index < -0.39 is 0 Å². The molecule has 0 aliphatic heterocycles. The quantitative estimate of drug-likeness (QED) is 0.738. The number of methoxy groups -OCH3 is 2. The number of nitrogens with zero attached hydrogens (tertiary/aromatic N) is 1. The molecule has 0 saturated carbocycles. The number of amides is 1. The first-order chi connectivity index (χ1) is 12.1. The Kier molecular flexibility index (Phi) is 5.00. The predicted molar refractivity (Wildman–Crippen MR) is 99.8 cm³/mol. The lowest BCUT2D eigenvalue weighted by atomic mass is 10.2. The maximum atomic E-state index is 12.5. The molecule has 0 unspecified atom stereocenters. The molecule has 0 aliphatic carbocycles. The number of rotatable bonds is 5. The second-order valence-electron chi connectivity index (χ2n) is 5.32. The van der Waals surface area contributed by atoms with Gasteiger partial charge in [-0.15, -0.1) is 11.3 Å². The molecule has 0 atom stereocenters. The summed E-state index contributed by atoms with van der Waals surface area (Å²) >= 11 is 1.35. The van der Waals surface area contributed by atoms with Crippen LogP contribution in [-0.4, -0.2) is 25.1 Å². The highest BCUT2D eigenvalue weighted by atomic mass is 32.1. The van der Waals surface area contributed by atoms with E-state index in [9.17, 15) is 4.79 Å². The summed E-state index contributed by atoms with van der Waals surface area (Å²) in [5, 5.41) is 3.65. The van der Waals surface area contributed by atoms with Gasteiger partial charge in [-0.25, -0.2) is 4.98 Å². The highest BCUT2D eigenvalue weighted by Gasteiger charge is 2.17. The van der Waals surface area contributed by atoms with Crippen LogP contribution in [0, 0.1) is 6.92 Å². The minimum Gasteiger partial charge on any atom is -0.493 e. The monoisotopic (exact) mass is 354 g/mol. The van der Waals surface area contributed by atoms with Crippen molar-refractivity contribution >= 4 is 22.9 Å². The van der Waals surface area contributed by atoms with Gasteiger partial charge in [0.15, 0.2) is 11.5 Å². The molecule has 1 N–H and O–H groups in total. The van der Waals surface area contributed by atoms with E-state index >= 15 is 0 Å². The van der Waals surface area contributed by atoms with E-state index in [0.29, 0.717) is 22.1 Å². The van der Waals surface area contributed by atoms with E-state index in [4.69, 9.17) is 9.47 Å². The van der Waals surface area contributed by atoms with Crippen molar-refractivity contribution in [1.82, 2.24) is 4.98 Å². The van der Waals surface area contributed by atoms with Crippen LogP contribution in [0.1, 0.15) is 15.4 Å². The van der Waals surface area contributed by atoms with Crippen molar-refractivity contribution in [2.75, 3.05) is 19.5 Å². The molecule has 0 aliphatic rings. The average molecular weight is 354 g/mol. The molecule has 2 aromatic carbocycles. The molecule has 5 nitrogen and oxygen atoms in total. The maximum Gasteiger partial charge on any atom is 0.267 e. The van der Waals surface area contributed by atoms with E-state index in [-0.39, 0.29) is 5.91 Å². The minimum absolute atomic E-state index is 0.159. The highest BCUT2D eigenvalue weighted by Crippen LogP contribution is 2.35. The molecule has 1 aromatic heterocycles. The number of para-hydroxylation sites is 1. The number of thiazole rings is 1. The van der Waals surface area contributed by atoms with Gasteiger partial charge < -0.3 is 14.8 Å². The number of ether oxygens (including phenoxy) is 2. The Morgan fingerprint density at radius 3 is 2.44 bits per heavy atom. The first kappa shape index (κ1) is 17.0. The Morgan fingerprint density at radius 1 is 1.04 bits per heavy atom. The molecular formula is C19H18N2O3S. The fraction of sp³-hybridized carbons (Fsp3) is 0.158. The van der Waals surface area contributed by atoms with Crippen molar-refractivity contribution in [2.24, 2.45) is 0 Å². The topological polar surface area (TPSA) is 60.5 Å². The lowest BCUT2D eigenvalue weighted by molar-refractivity contribution is 0.103. The Balaban J connectivity index is 1.88. The summed E-state index contributed by atoms with van der Waals surface area (Å²) in [6.07, 6.45) is 0. The fourth-order valence-corrected chi connectivity index (χ4v) is 3.37. The summed E-state index contributed by atoms with van der Waals surface area (Å²) in [7, 11) is 3.19. The Labute approximate surface area is 150 Å². The molecule has 0 fully saturated rings. The van der Waals surface area contributed by atoms with Crippen LogP contribution in [0.25, 0.3) is 10.6 Å². The lowest BCUT2D eigenvalue weighted by Crippen LogP contribution is -2.11. The third-order valence-electron chi connectivity index (χ3n) is 3.66. The number of benzene rings is 2. The van der Waals surface area contributed by atoms with Crippen molar-refractivity contribution in [3.05, 3.63) is 59.1 Å². The van der Waals surface area contributed by atoms with E-state index in [2.05, 4.69) is 10.3 Å². The Hall–Kier alpha value is -2.86. The fourth-order valence-electron chi connectivity index (χ4n) is 2.41. The molecule has 1 amide bonds. The van der Waals surface area contributed by atoms with Gasteiger partial charge in [0.1, 0.15) is 9.88 Å². The van der Waals surface area contributed by atoms with E-state index in [1.807, 2.05) is 55.5 Å². The second kappa shape index (κ2) is 7.36. The van der Waals surface area contributed by atoms with Crippen molar-refractivity contribution in [3.8, 4) is 22.1 Å². The third kappa shape index (κ3) is 3.64. The van der Waals surface area contributed by atoms with Crippen LogP contribution >= 0.6 is 11.3 Å². The van der Waals surface area contributed by atoms with Crippen LogP contribution in [0.15, 0.2) is 48.5 Å². The van der Waals surface area contributed by atoms with Crippen LogP contribution in [0.4, 0.5) is 5.69 Å². The number of hydrogen-bond donors (Lipinski definition) is 1. The summed E-state index contributed by atoms with van der Waals surface area (Å²) in [4.78, 5) is 17.6. The molecule has 0 radical (unpaired) electrons. The molecule has 3 rings (SSSR count). The zero-order chi connectivity index (χ0) is 17.8. The van der Waals surface area contributed by atoms with Crippen LogP contribution in [0.2, 0.25) is 0 Å². The van der Waals surface area contributed by atoms with Crippen molar-refractivity contribution in [3.63, 3.8) is 0 Å². The van der Waals surface area contributed by atoms with Gasteiger partial charge in [-0.3, -0.25) is 4.79 Å². The van der Waals surface area contributed by atoms with E-state index in [0.717, 1.165) is 16.3 Å². The largest absolute Gasteiger partial charge is 0.493 e. The summed E-state index contributed by atoms with van der Waals surface area (Å²) in [5.74, 6) is 1.12. The van der Waals surface area contributed by atoms with Crippen molar-refractivity contribution in [2.45, 2.75) is 6.92 Å². The lowest BCUT2D eigenvalue weighted by Gasteiger charge is -2.08. The summed E-state index contributed by atoms with van der Waals surface area (Å²) < 4.78 is 10.6. The number of anilines is 1. The predicted octanol–water partition coefficient (Wildman–Crippen LogP) is 4.39. The molecule has 1 heterocycles. The van der Waals surface area contributed by atoms with Crippen LogP contribution in [-0.2, 0) is 0 Å². The van der Waals surface area contributed by atoms with Gasteiger partial charge in [0.05, 0.1) is 19.9 Å². The smallest absolute Gasteiger partial charge is 0.267 e. The summed E-state index contributed by atoms with van der Waals surface area (Å²) in [6.45, 7) is 1.83. The average Bonchev–Trinajstić information content (AvgIpc) is 3.03. The molecule has 25 heavy (non-hydrogen) atoms. The first-order valence-corrected chi connectivity index (χ1v) is 8.50. The SMILES string of the molecule is COc1ccc(-c2nc(C)c(C(=O)Nc3ccccc3)s2)cc1OC. The number of carbonyl (C=O) groups is 1. The number of nitrogens with one attached hydrogen (secondary N) is 1. The minimum atomic E-state index is -0.159. The van der Waals surface area contributed by atoms with Crippen molar-refractivity contribution < 1.29 is 14.3 Å². The zero-order valence-electron chi connectivity index (χ0n) is 14.2. The van der Waals surface area contributed by atoms with Gasteiger partial charge in [0.2, 0.25) is 0 Å². The Morgan fingerprint density at radius 2 is 1.76 bits per heavy atom. The summed E-state index contributed by atoms with van der Waals surface area (Å²) in [5.41, 5.74) is 2.33. The number of aryl methyl sites for hydroxylation is 1. The van der Waals surface area contributed by atoms with Crippen LogP contribution in [0.3, 0.4) is 0 Å². The van der Waals surface area contributed by atoms with Gasteiger partial charge in [-0.2, -0.15) is 0 Å². The molecule has 6 heteroatoms. The molecule has 0 saturated heterocycles. The van der Waals surface area contributed by atoms with Crippen LogP contribution in [0.5, 0.6) is 11.5 Å². The first-order valence-electron chi connectivity index (χ1n) is 7.68. The Bertz CT molecular complexity index is 891. The second-order valence-corrected chi connectivity index (χ2v) is 6.32. The standard InChI is InChI=1S/C19H18N2O3S/c1-12-17(18(22)21-14-7-5-4-6-8-14)25-19(20-12)13-9-10-15(23-2)16(11-13)24-3/h4-11H,1-3H3,(H,21,22). The van der Waals surface area contributed by atoms with Gasteiger partial charge in [0.25, 0.3) is 5.91 Å². The van der Waals surface area contributed by atoms with Gasteiger partial charge >= 0.3 is 0 Å². The highest BCUT2D eigenvalue weighted by molar-refractivity contribution is 7.17. The number of carbonyl (C=O) groups excluding carboxylic acids is 1. The molecule has 0 bridgehead atoms. The third-order valence-corrected chi connectivity index (χ3v) is 4.87. The molecule has 128 valence electrons. The van der Waals surface area contributed by atoms with E-state index in [1.54, 1.807) is 14.2 Å². The summed E-state index contributed by atoms with van der Waals surface area (Å²) in [6, 6.07) is 15.0. The van der Waals surface area contributed by atoms with E-state index in [1.165, 1.54) is 11.3 Å². The van der Waals surface area contributed by atoms with Crippen molar-refractivity contribution in [1.29, 1.82) is 0 Å². The normalized spacial score (nSPS) is 10.4. The number of aromatic nitrogens is 1. The molecular weight excluding hydrogens is 336 g/mol. The van der Waals surface area contributed by atoms with Crippen LogP contribution < -0.4 is 14.8 Å². The number of hydrogen-bond acceptors (Lipinski definition) is 5. The molecule has 3 aromatic rings. The van der Waals surface area contributed by atoms with Gasteiger partial charge in [0, 0.05) is 11.3 Å². The molecule has 0 spiro atoms. The van der Waals surface area contributed by atoms with Gasteiger partial charge in [-0.05, 0) is 37.3 Å². The zero-order valence-corrected chi connectivity index (χ0v) is 15.0. The van der Waals surface area contributed by atoms with Gasteiger partial charge in [-0.1, -0.05) is 18.2 Å².